The van der Waals surface area contributed by atoms with Gasteiger partial charge >= 0.3 is 0 Å². The molecule has 10 rings (SSSR count). The quantitative estimate of drug-likeness (QED) is 0.234. The number of hydrogen-bond acceptors (Lipinski definition) is 11. The van der Waals surface area contributed by atoms with Crippen molar-refractivity contribution in [3.8, 4) is 17.2 Å². The van der Waals surface area contributed by atoms with E-state index in [1.165, 1.54) is 12.3 Å². The number of hydrogen-bond donors (Lipinski definition) is 2. The third-order valence-corrected chi connectivity index (χ3v) is 12.2. The van der Waals surface area contributed by atoms with Gasteiger partial charge in [-0.15, -0.1) is 0 Å². The first-order valence-corrected chi connectivity index (χ1v) is 20.6. The number of nitrogens with one attached hydrogen (secondary N) is 2. The molecule has 1 unspecified atom stereocenters. The second-order valence-corrected chi connectivity index (χ2v) is 16.1. The fourth-order valence-electron chi connectivity index (χ4n) is 9.27. The average molecular weight is 808 g/mol. The molecule has 3 amide bonds. The van der Waals surface area contributed by atoms with Crippen LogP contribution in [0.4, 0.5) is 10.1 Å². The molecular weight excluding hydrogens is 762 g/mol. The van der Waals surface area contributed by atoms with E-state index in [1.54, 1.807) is 9.47 Å². The van der Waals surface area contributed by atoms with E-state index in [1.807, 2.05) is 46.2 Å². The highest BCUT2D eigenvalue weighted by atomic mass is 19.1. The maximum Gasteiger partial charge on any atom is 0.259 e. The van der Waals surface area contributed by atoms with Crippen molar-refractivity contribution in [3.63, 3.8) is 0 Å². The molecule has 0 saturated carbocycles. The highest BCUT2D eigenvalue weighted by Crippen LogP contribution is 2.49. The molecule has 59 heavy (non-hydrogen) atoms. The number of furan rings is 1. The van der Waals surface area contributed by atoms with E-state index >= 15 is 4.39 Å². The highest BCUT2D eigenvalue weighted by molar-refractivity contribution is 6.07. The minimum Gasteiger partial charge on any atom is -0.456 e. The molecule has 308 valence electrons. The van der Waals surface area contributed by atoms with Gasteiger partial charge in [0, 0.05) is 87.5 Å². The van der Waals surface area contributed by atoms with Crippen molar-refractivity contribution in [3.05, 3.63) is 70.3 Å². The molecule has 5 aromatic rings. The number of pyridine rings is 1. The summed E-state index contributed by atoms with van der Waals surface area (Å²) in [5.41, 5.74) is 1.59. The topological polar surface area (TPSA) is 151 Å². The Kier molecular flexibility index (Phi) is 9.95. The molecule has 2 aromatic heterocycles. The van der Waals surface area contributed by atoms with Crippen LogP contribution in [-0.2, 0) is 19.1 Å². The molecule has 0 spiro atoms. The van der Waals surface area contributed by atoms with Crippen molar-refractivity contribution in [2.24, 2.45) is 0 Å². The number of carbonyl (C=O) groups is 3. The lowest BCUT2D eigenvalue weighted by molar-refractivity contribution is -0.124. The monoisotopic (exact) mass is 807 g/mol. The normalized spacial score (nSPS) is 21.2. The van der Waals surface area contributed by atoms with Gasteiger partial charge in [0.2, 0.25) is 17.2 Å². The van der Waals surface area contributed by atoms with Gasteiger partial charge < -0.3 is 43.6 Å². The summed E-state index contributed by atoms with van der Waals surface area (Å²) in [7, 11) is 0. The lowest BCUT2D eigenvalue weighted by Gasteiger charge is -2.37. The first kappa shape index (κ1) is 37.7. The van der Waals surface area contributed by atoms with E-state index in [0.717, 1.165) is 17.2 Å². The van der Waals surface area contributed by atoms with Gasteiger partial charge in [0.15, 0.2) is 17.3 Å². The summed E-state index contributed by atoms with van der Waals surface area (Å²) in [6.07, 6.45) is 3.50. The van der Waals surface area contributed by atoms with Crippen LogP contribution in [0.15, 0.2) is 57.9 Å². The molecule has 0 radical (unpaired) electrons. The fourth-order valence-corrected chi connectivity index (χ4v) is 9.27. The Morgan fingerprint density at radius 1 is 0.763 bits per heavy atom. The lowest BCUT2D eigenvalue weighted by Crippen LogP contribution is -2.51. The standard InChI is InChI=1S/C43H46FN7O8/c44-32-18-30-39-42(40(32)49-8-3-4-26(21-49)45-37(52)24-47-10-14-56-15-11-47)59-36-19-29-28-5-1-2-6-34(28)58-35(29)20-33(36)51(39)23-31(41(30)54)43(55)50-9-7-27(22-50)46-38(53)25-48-12-16-57-17-13-48/h1-2,5-6,18-20,23,26-27H,3-4,7-17,21-22,24-25H2,(H,45,52)(H,46,53)/t26?,27-/m1/s1. The van der Waals surface area contributed by atoms with Gasteiger partial charge in [-0.3, -0.25) is 29.0 Å². The minimum atomic E-state index is -0.663. The minimum absolute atomic E-state index is 0.00406. The van der Waals surface area contributed by atoms with E-state index in [0.29, 0.717) is 113 Å². The molecule has 16 heteroatoms. The number of anilines is 1. The Morgan fingerprint density at radius 3 is 2.19 bits per heavy atom. The summed E-state index contributed by atoms with van der Waals surface area (Å²) >= 11 is 0. The van der Waals surface area contributed by atoms with Crippen molar-refractivity contribution < 1.29 is 37.4 Å². The van der Waals surface area contributed by atoms with Gasteiger partial charge in [0.1, 0.15) is 27.9 Å². The zero-order chi connectivity index (χ0) is 40.2. The zero-order valence-electron chi connectivity index (χ0n) is 32.7. The van der Waals surface area contributed by atoms with Gasteiger partial charge in [-0.1, -0.05) is 18.2 Å². The molecule has 0 bridgehead atoms. The molecule has 5 aliphatic heterocycles. The fraction of sp³-hybridized carbons (Fsp3) is 0.442. The Morgan fingerprint density at radius 2 is 1.46 bits per heavy atom. The SMILES string of the molecule is O=C(CN1CCOCC1)NC1CCCN(c2c(F)cc3c(=O)c(C(=O)N4CC[C@@H](NC(=O)CN5CCOCC5)C4)cn4c3c2Oc2cc3c(cc2-4)oc2ccccc23)C1. The van der Waals surface area contributed by atoms with Crippen LogP contribution in [0.3, 0.4) is 0 Å². The summed E-state index contributed by atoms with van der Waals surface area (Å²) in [6.45, 7) is 7.05. The van der Waals surface area contributed by atoms with Gasteiger partial charge in [-0.2, -0.15) is 0 Å². The van der Waals surface area contributed by atoms with E-state index in [2.05, 4.69) is 15.5 Å². The van der Waals surface area contributed by atoms with E-state index in [9.17, 15) is 19.2 Å². The molecule has 0 aliphatic carbocycles. The number of piperidine rings is 1. The number of nitrogens with zero attached hydrogens (tertiary/aromatic N) is 5. The van der Waals surface area contributed by atoms with Crippen molar-refractivity contribution in [2.45, 2.75) is 31.3 Å². The van der Waals surface area contributed by atoms with Crippen LogP contribution in [0.5, 0.6) is 11.5 Å². The first-order valence-electron chi connectivity index (χ1n) is 20.6. The number of halogens is 1. The van der Waals surface area contributed by atoms with Crippen LogP contribution in [0.1, 0.15) is 29.6 Å². The van der Waals surface area contributed by atoms with Gasteiger partial charge in [-0.25, -0.2) is 4.39 Å². The van der Waals surface area contributed by atoms with Crippen molar-refractivity contribution in [1.82, 2.24) is 29.9 Å². The summed E-state index contributed by atoms with van der Waals surface area (Å²) in [5.74, 6) is -0.802. The summed E-state index contributed by atoms with van der Waals surface area (Å²) < 4.78 is 42.3. The van der Waals surface area contributed by atoms with Crippen molar-refractivity contribution in [1.29, 1.82) is 0 Å². The number of para-hydroxylation sites is 1. The Labute approximate surface area is 338 Å². The van der Waals surface area contributed by atoms with Crippen LogP contribution < -0.4 is 25.7 Å². The largest absolute Gasteiger partial charge is 0.456 e. The first-order chi connectivity index (χ1) is 28.8. The molecule has 4 fully saturated rings. The second kappa shape index (κ2) is 15.6. The summed E-state index contributed by atoms with van der Waals surface area (Å²) in [5, 5.41) is 7.90. The summed E-state index contributed by atoms with van der Waals surface area (Å²) in [6, 6.07) is 12.0. The van der Waals surface area contributed by atoms with E-state index in [4.69, 9.17) is 18.6 Å². The predicted octanol–water partition coefficient (Wildman–Crippen LogP) is 3.22. The molecule has 5 aliphatic rings. The maximum absolute atomic E-state index is 16.8. The average Bonchev–Trinajstić information content (AvgIpc) is 3.85. The van der Waals surface area contributed by atoms with Crippen LogP contribution in [0.2, 0.25) is 0 Å². The number of ether oxygens (including phenoxy) is 3. The number of carbonyl (C=O) groups excluding carboxylic acids is 3. The predicted molar refractivity (Wildman–Crippen MR) is 217 cm³/mol. The smallest absolute Gasteiger partial charge is 0.259 e. The Hall–Kier alpha value is -5.55. The maximum atomic E-state index is 16.8. The van der Waals surface area contributed by atoms with Crippen LogP contribution in [0, 0.1) is 5.82 Å². The Bertz CT molecular complexity index is 2540. The number of rotatable bonds is 8. The molecular formula is C43H46FN7O8. The van der Waals surface area contributed by atoms with Gasteiger partial charge in [0.25, 0.3) is 5.91 Å². The molecule has 7 heterocycles. The van der Waals surface area contributed by atoms with Crippen LogP contribution in [-0.4, -0.2) is 141 Å². The number of morpholine rings is 2. The number of fused-ring (bicyclic) bond motifs is 5. The molecule has 15 nitrogen and oxygen atoms in total. The van der Waals surface area contributed by atoms with Crippen molar-refractivity contribution in [2.75, 3.05) is 96.8 Å². The zero-order valence-corrected chi connectivity index (χ0v) is 32.7. The molecule has 2 N–H and O–H groups in total. The van der Waals surface area contributed by atoms with Gasteiger partial charge in [-0.05, 0) is 37.5 Å². The third kappa shape index (κ3) is 7.17. The van der Waals surface area contributed by atoms with Crippen LogP contribution in [0.25, 0.3) is 38.5 Å². The number of aromatic nitrogens is 1. The second-order valence-electron chi connectivity index (χ2n) is 16.1. The lowest BCUT2D eigenvalue weighted by atomic mass is 10.0. The highest BCUT2D eigenvalue weighted by Gasteiger charge is 2.36. The third-order valence-electron chi connectivity index (χ3n) is 12.2. The number of likely N-dealkylation sites (tertiary alicyclic amines) is 1. The Balaban J connectivity index is 0.994. The summed E-state index contributed by atoms with van der Waals surface area (Å²) in [4.78, 5) is 62.3. The molecule has 2 atom stereocenters. The number of amides is 3. The van der Waals surface area contributed by atoms with Crippen LogP contribution >= 0.6 is 0 Å². The van der Waals surface area contributed by atoms with Gasteiger partial charge in [0.05, 0.1) is 50.6 Å². The van der Waals surface area contributed by atoms with E-state index < -0.39 is 17.2 Å². The number of benzene rings is 3. The van der Waals surface area contributed by atoms with Crippen molar-refractivity contribution >= 4 is 56.3 Å². The van der Waals surface area contributed by atoms with E-state index in [-0.39, 0.29) is 65.9 Å². The molecule has 3 aromatic carbocycles. The molecule has 4 saturated heterocycles.